The molecule has 5 nitrogen and oxygen atoms in total. The van der Waals surface area contributed by atoms with Gasteiger partial charge in [-0.05, 0) is 60.9 Å². The molecule has 1 saturated heterocycles. The van der Waals surface area contributed by atoms with Crippen molar-refractivity contribution in [2.24, 2.45) is 5.92 Å². The Morgan fingerprint density at radius 3 is 2.65 bits per heavy atom. The highest BCUT2D eigenvalue weighted by Crippen LogP contribution is 2.23. The number of nitriles is 1. The third-order valence-corrected chi connectivity index (χ3v) is 4.42. The minimum absolute atomic E-state index is 0.0553. The number of amides is 1. The summed E-state index contributed by atoms with van der Waals surface area (Å²) in [5.41, 5.74) is 1.55. The van der Waals surface area contributed by atoms with E-state index in [1.54, 1.807) is 36.4 Å². The zero-order valence-electron chi connectivity index (χ0n) is 14.3. The maximum atomic E-state index is 13.0. The van der Waals surface area contributed by atoms with E-state index in [-0.39, 0.29) is 18.3 Å². The molecule has 0 aromatic heterocycles. The lowest BCUT2D eigenvalue weighted by Crippen LogP contribution is -2.34. The van der Waals surface area contributed by atoms with Crippen molar-refractivity contribution < 1.29 is 13.9 Å². The number of carbonyl (C=O) groups is 1. The Bertz CT molecular complexity index is 784. The fraction of sp³-hybridized carbons (Fsp3) is 0.300. The summed E-state index contributed by atoms with van der Waals surface area (Å²) in [6.45, 7) is 2.27. The second-order valence-corrected chi connectivity index (χ2v) is 6.31. The molecule has 1 amide bonds. The standard InChI is InChI=1S/C20H20FN3O2/c21-17-3-5-18(6-4-17)24-10-9-16(13-24)12-23-20(25)14-26-19-7-1-15(11-22)2-8-19/h1-8,16H,9-10,12-14H2,(H,23,25). The predicted molar refractivity (Wildman–Crippen MR) is 96.4 cm³/mol. The summed E-state index contributed by atoms with van der Waals surface area (Å²) in [6, 6.07) is 15.2. The first-order valence-electron chi connectivity index (χ1n) is 8.54. The van der Waals surface area contributed by atoms with Gasteiger partial charge >= 0.3 is 0 Å². The summed E-state index contributed by atoms with van der Waals surface area (Å²) in [5.74, 6) is 0.509. The van der Waals surface area contributed by atoms with Crippen molar-refractivity contribution in [1.82, 2.24) is 5.32 Å². The molecule has 0 aliphatic carbocycles. The number of nitrogens with one attached hydrogen (secondary N) is 1. The van der Waals surface area contributed by atoms with Crippen LogP contribution in [0.3, 0.4) is 0 Å². The van der Waals surface area contributed by atoms with Gasteiger partial charge in [0.1, 0.15) is 11.6 Å². The average Bonchev–Trinajstić information content (AvgIpc) is 3.14. The van der Waals surface area contributed by atoms with Gasteiger partial charge < -0.3 is 15.0 Å². The van der Waals surface area contributed by atoms with Crippen molar-refractivity contribution in [3.05, 3.63) is 59.9 Å². The molecule has 1 atom stereocenters. The van der Waals surface area contributed by atoms with Crippen LogP contribution in [0.25, 0.3) is 0 Å². The van der Waals surface area contributed by atoms with Crippen LogP contribution in [0.5, 0.6) is 5.75 Å². The zero-order chi connectivity index (χ0) is 18.4. The minimum atomic E-state index is -0.237. The van der Waals surface area contributed by atoms with E-state index in [0.29, 0.717) is 23.8 Å². The van der Waals surface area contributed by atoms with Crippen LogP contribution >= 0.6 is 0 Å². The Morgan fingerprint density at radius 1 is 1.23 bits per heavy atom. The molecular weight excluding hydrogens is 333 g/mol. The third-order valence-electron chi connectivity index (χ3n) is 4.42. The Kier molecular flexibility index (Phi) is 5.69. The maximum absolute atomic E-state index is 13.0. The van der Waals surface area contributed by atoms with Crippen molar-refractivity contribution in [3.8, 4) is 11.8 Å². The molecule has 2 aromatic carbocycles. The molecule has 1 aliphatic rings. The van der Waals surface area contributed by atoms with Crippen molar-refractivity contribution in [2.75, 3.05) is 31.1 Å². The van der Waals surface area contributed by atoms with E-state index in [4.69, 9.17) is 10.00 Å². The molecule has 0 saturated carbocycles. The fourth-order valence-corrected chi connectivity index (χ4v) is 2.97. The number of halogens is 1. The number of nitrogens with zero attached hydrogens (tertiary/aromatic N) is 2. The zero-order valence-corrected chi connectivity index (χ0v) is 14.3. The first-order valence-corrected chi connectivity index (χ1v) is 8.54. The van der Waals surface area contributed by atoms with Gasteiger partial charge in [-0.2, -0.15) is 5.26 Å². The Hall–Kier alpha value is -3.07. The Labute approximate surface area is 152 Å². The lowest BCUT2D eigenvalue weighted by Gasteiger charge is -2.18. The van der Waals surface area contributed by atoms with Gasteiger partial charge in [-0.1, -0.05) is 0 Å². The van der Waals surface area contributed by atoms with Gasteiger partial charge in [0.05, 0.1) is 11.6 Å². The molecule has 3 rings (SSSR count). The predicted octanol–water partition coefficient (Wildman–Crippen LogP) is 2.72. The molecule has 0 radical (unpaired) electrons. The molecule has 1 fully saturated rings. The monoisotopic (exact) mass is 353 g/mol. The van der Waals surface area contributed by atoms with Crippen LogP contribution in [0, 0.1) is 23.1 Å². The average molecular weight is 353 g/mol. The summed E-state index contributed by atoms with van der Waals surface area (Å²) in [7, 11) is 0. The SMILES string of the molecule is N#Cc1ccc(OCC(=O)NCC2CCN(c3ccc(F)cc3)C2)cc1. The van der Waals surface area contributed by atoms with Crippen LogP contribution in [0.4, 0.5) is 10.1 Å². The van der Waals surface area contributed by atoms with E-state index in [1.165, 1.54) is 12.1 Å². The smallest absolute Gasteiger partial charge is 0.257 e. The van der Waals surface area contributed by atoms with Gasteiger partial charge in [0.15, 0.2) is 6.61 Å². The highest BCUT2D eigenvalue weighted by atomic mass is 19.1. The van der Waals surface area contributed by atoms with Crippen LogP contribution < -0.4 is 15.0 Å². The maximum Gasteiger partial charge on any atom is 0.257 e. The van der Waals surface area contributed by atoms with Crippen LogP contribution in [-0.2, 0) is 4.79 Å². The molecule has 6 heteroatoms. The van der Waals surface area contributed by atoms with Crippen LogP contribution in [0.1, 0.15) is 12.0 Å². The molecule has 134 valence electrons. The number of rotatable bonds is 6. The van der Waals surface area contributed by atoms with Crippen molar-refractivity contribution in [3.63, 3.8) is 0 Å². The van der Waals surface area contributed by atoms with Gasteiger partial charge in [0, 0.05) is 25.3 Å². The molecule has 2 aromatic rings. The van der Waals surface area contributed by atoms with E-state index in [0.717, 1.165) is 25.2 Å². The molecule has 1 N–H and O–H groups in total. The summed E-state index contributed by atoms with van der Waals surface area (Å²) in [6.07, 6.45) is 0.980. The fourth-order valence-electron chi connectivity index (χ4n) is 2.97. The van der Waals surface area contributed by atoms with Crippen molar-refractivity contribution in [2.45, 2.75) is 6.42 Å². The topological polar surface area (TPSA) is 65.4 Å². The van der Waals surface area contributed by atoms with Gasteiger partial charge in [0.25, 0.3) is 5.91 Å². The van der Waals surface area contributed by atoms with Crippen LogP contribution in [-0.4, -0.2) is 32.1 Å². The summed E-state index contributed by atoms with van der Waals surface area (Å²) in [4.78, 5) is 14.1. The summed E-state index contributed by atoms with van der Waals surface area (Å²) < 4.78 is 18.4. The largest absolute Gasteiger partial charge is 0.484 e. The highest BCUT2D eigenvalue weighted by molar-refractivity contribution is 5.77. The van der Waals surface area contributed by atoms with E-state index >= 15 is 0 Å². The van der Waals surface area contributed by atoms with Crippen LogP contribution in [0.15, 0.2) is 48.5 Å². The highest BCUT2D eigenvalue weighted by Gasteiger charge is 2.23. The van der Waals surface area contributed by atoms with Gasteiger partial charge in [-0.15, -0.1) is 0 Å². The number of anilines is 1. The first kappa shape index (κ1) is 17.7. The number of benzene rings is 2. The third kappa shape index (κ3) is 4.73. The lowest BCUT2D eigenvalue weighted by molar-refractivity contribution is -0.123. The molecule has 1 heterocycles. The molecule has 0 bridgehead atoms. The van der Waals surface area contributed by atoms with E-state index < -0.39 is 0 Å². The van der Waals surface area contributed by atoms with E-state index in [2.05, 4.69) is 10.2 Å². The number of ether oxygens (including phenoxy) is 1. The quantitative estimate of drug-likeness (QED) is 0.867. The lowest BCUT2D eigenvalue weighted by atomic mass is 10.1. The first-order chi connectivity index (χ1) is 12.6. The van der Waals surface area contributed by atoms with E-state index in [9.17, 15) is 9.18 Å². The van der Waals surface area contributed by atoms with Crippen molar-refractivity contribution in [1.29, 1.82) is 5.26 Å². The Morgan fingerprint density at radius 2 is 1.96 bits per heavy atom. The molecule has 1 aliphatic heterocycles. The summed E-state index contributed by atoms with van der Waals surface area (Å²) in [5, 5.41) is 11.6. The summed E-state index contributed by atoms with van der Waals surface area (Å²) >= 11 is 0. The van der Waals surface area contributed by atoms with Gasteiger partial charge in [0.2, 0.25) is 0 Å². The molecule has 0 spiro atoms. The van der Waals surface area contributed by atoms with Crippen LogP contribution in [0.2, 0.25) is 0 Å². The van der Waals surface area contributed by atoms with E-state index in [1.807, 2.05) is 6.07 Å². The molecular formula is C20H20FN3O2. The minimum Gasteiger partial charge on any atom is -0.484 e. The van der Waals surface area contributed by atoms with Crippen molar-refractivity contribution >= 4 is 11.6 Å². The Balaban J connectivity index is 1.39. The number of carbonyl (C=O) groups excluding carboxylic acids is 1. The van der Waals surface area contributed by atoms with Gasteiger partial charge in [-0.25, -0.2) is 4.39 Å². The molecule has 1 unspecified atom stereocenters. The normalized spacial score (nSPS) is 16.2. The molecule has 26 heavy (non-hydrogen) atoms. The number of hydrogen-bond acceptors (Lipinski definition) is 4. The second kappa shape index (κ2) is 8.34. The number of hydrogen-bond donors (Lipinski definition) is 1. The van der Waals surface area contributed by atoms with Gasteiger partial charge in [-0.3, -0.25) is 4.79 Å². The second-order valence-electron chi connectivity index (χ2n) is 6.31.